The number of amides is 1. The average Bonchev–Trinajstić information content (AvgIpc) is 2.62. The van der Waals surface area contributed by atoms with Crippen LogP contribution in [0.1, 0.15) is 21.5 Å². The highest BCUT2D eigenvalue weighted by Crippen LogP contribution is 2.28. The summed E-state index contributed by atoms with van der Waals surface area (Å²) in [6.07, 6.45) is 0. The summed E-state index contributed by atoms with van der Waals surface area (Å²) >= 11 is 0. The number of nitrogens with zero attached hydrogens (tertiary/aromatic N) is 2. The van der Waals surface area contributed by atoms with Crippen molar-refractivity contribution < 1.29 is 19.2 Å². The van der Waals surface area contributed by atoms with Gasteiger partial charge in [-0.1, -0.05) is 6.07 Å². The number of carbonyl (C=O) groups excluding carboxylic acids is 2. The molecule has 0 atom stereocenters. The van der Waals surface area contributed by atoms with E-state index < -0.39 is 23.4 Å². The summed E-state index contributed by atoms with van der Waals surface area (Å²) in [6.45, 7) is 3.40. The van der Waals surface area contributed by atoms with Gasteiger partial charge in [0.1, 0.15) is 5.69 Å². The fourth-order valence-electron chi connectivity index (χ4n) is 2.41. The number of rotatable bonds is 6. The number of benzene rings is 2. The number of carbonyl (C=O) groups is 2. The van der Waals surface area contributed by atoms with Crippen LogP contribution in [-0.4, -0.2) is 37.5 Å². The van der Waals surface area contributed by atoms with Crippen LogP contribution >= 0.6 is 0 Å². The Kier molecular flexibility index (Phi) is 6.12. The fraction of sp³-hybridized carbons (Fsp3) is 0.263. The second-order valence-corrected chi connectivity index (χ2v) is 6.28. The lowest BCUT2D eigenvalue weighted by molar-refractivity contribution is -0.384. The number of anilines is 2. The van der Waals surface area contributed by atoms with Gasteiger partial charge in [-0.05, 0) is 49.2 Å². The maximum Gasteiger partial charge on any atom is 0.338 e. The first-order chi connectivity index (χ1) is 12.7. The number of nitrogens with one attached hydrogen (secondary N) is 1. The minimum absolute atomic E-state index is 0.00582. The molecule has 0 fully saturated rings. The van der Waals surface area contributed by atoms with Crippen LogP contribution in [-0.2, 0) is 9.53 Å². The Morgan fingerprint density at radius 2 is 1.81 bits per heavy atom. The van der Waals surface area contributed by atoms with E-state index in [4.69, 9.17) is 4.74 Å². The van der Waals surface area contributed by atoms with E-state index in [1.54, 1.807) is 25.1 Å². The van der Waals surface area contributed by atoms with E-state index in [2.05, 4.69) is 5.32 Å². The van der Waals surface area contributed by atoms with Gasteiger partial charge in [-0.25, -0.2) is 4.79 Å². The second-order valence-electron chi connectivity index (χ2n) is 6.28. The van der Waals surface area contributed by atoms with Crippen molar-refractivity contribution in [3.8, 4) is 0 Å². The van der Waals surface area contributed by atoms with Crippen molar-refractivity contribution in [1.82, 2.24) is 0 Å². The van der Waals surface area contributed by atoms with Gasteiger partial charge in [-0.2, -0.15) is 0 Å². The van der Waals surface area contributed by atoms with Gasteiger partial charge >= 0.3 is 5.97 Å². The lowest BCUT2D eigenvalue weighted by Gasteiger charge is -2.13. The zero-order valence-corrected chi connectivity index (χ0v) is 15.6. The van der Waals surface area contributed by atoms with Gasteiger partial charge in [0.15, 0.2) is 6.61 Å². The molecule has 8 heteroatoms. The number of nitro benzene ring substituents is 1. The second kappa shape index (κ2) is 8.31. The summed E-state index contributed by atoms with van der Waals surface area (Å²) in [6, 6.07) is 9.47. The molecule has 0 saturated carbocycles. The third-order valence-corrected chi connectivity index (χ3v) is 4.01. The Morgan fingerprint density at radius 3 is 2.41 bits per heavy atom. The SMILES string of the molecule is Cc1ccc(NC(=O)COC(=O)c2ccc(N(C)C)c([N+](=O)[O-])c2)cc1C. The van der Waals surface area contributed by atoms with E-state index in [0.717, 1.165) is 17.2 Å². The quantitative estimate of drug-likeness (QED) is 0.476. The highest BCUT2D eigenvalue weighted by atomic mass is 16.6. The van der Waals surface area contributed by atoms with Crippen LogP contribution in [0.2, 0.25) is 0 Å². The average molecular weight is 371 g/mol. The Labute approximate surface area is 156 Å². The van der Waals surface area contributed by atoms with Crippen molar-refractivity contribution in [1.29, 1.82) is 0 Å². The normalized spacial score (nSPS) is 10.2. The number of nitro groups is 1. The zero-order valence-electron chi connectivity index (χ0n) is 15.6. The number of ether oxygens (including phenoxy) is 1. The molecule has 0 aromatic heterocycles. The van der Waals surface area contributed by atoms with Gasteiger partial charge in [0.25, 0.3) is 11.6 Å². The summed E-state index contributed by atoms with van der Waals surface area (Å²) in [5.74, 6) is -1.30. The Bertz CT molecular complexity index is 893. The largest absolute Gasteiger partial charge is 0.452 e. The molecule has 0 aliphatic heterocycles. The maximum absolute atomic E-state index is 12.1. The lowest BCUT2D eigenvalue weighted by Crippen LogP contribution is -2.21. The zero-order chi connectivity index (χ0) is 20.1. The van der Waals surface area contributed by atoms with Crippen LogP contribution < -0.4 is 10.2 Å². The molecule has 0 heterocycles. The molecule has 27 heavy (non-hydrogen) atoms. The number of hydrogen-bond donors (Lipinski definition) is 1. The fourth-order valence-corrected chi connectivity index (χ4v) is 2.41. The molecule has 1 N–H and O–H groups in total. The summed E-state index contributed by atoms with van der Waals surface area (Å²) in [5, 5.41) is 13.8. The predicted octanol–water partition coefficient (Wildman–Crippen LogP) is 3.07. The molecular weight excluding hydrogens is 350 g/mol. The molecule has 0 aliphatic rings. The van der Waals surface area contributed by atoms with E-state index >= 15 is 0 Å². The molecule has 1 amide bonds. The number of aryl methyl sites for hydroxylation is 2. The Hall–Kier alpha value is -3.42. The van der Waals surface area contributed by atoms with E-state index in [1.165, 1.54) is 12.1 Å². The van der Waals surface area contributed by atoms with Gasteiger partial charge in [-0.3, -0.25) is 14.9 Å². The van der Waals surface area contributed by atoms with Crippen molar-refractivity contribution in [2.75, 3.05) is 30.9 Å². The standard InChI is InChI=1S/C19H21N3O5/c1-12-5-7-15(9-13(12)2)20-18(23)11-27-19(24)14-6-8-16(21(3)4)17(10-14)22(25)26/h5-10H,11H2,1-4H3,(H,20,23). The molecule has 2 aromatic carbocycles. The molecule has 2 rings (SSSR count). The van der Waals surface area contributed by atoms with Crippen LogP contribution in [0.4, 0.5) is 17.1 Å². The van der Waals surface area contributed by atoms with Gasteiger partial charge < -0.3 is 15.0 Å². The first kappa shape index (κ1) is 19.9. The van der Waals surface area contributed by atoms with E-state index in [0.29, 0.717) is 11.4 Å². The van der Waals surface area contributed by atoms with Gasteiger partial charge in [-0.15, -0.1) is 0 Å². The van der Waals surface area contributed by atoms with Crippen molar-refractivity contribution in [2.45, 2.75) is 13.8 Å². The highest BCUT2D eigenvalue weighted by Gasteiger charge is 2.20. The first-order valence-corrected chi connectivity index (χ1v) is 8.19. The van der Waals surface area contributed by atoms with E-state index in [1.807, 2.05) is 26.0 Å². The molecule has 142 valence electrons. The molecule has 2 aromatic rings. The maximum atomic E-state index is 12.1. The first-order valence-electron chi connectivity index (χ1n) is 8.19. The van der Waals surface area contributed by atoms with Crippen LogP contribution in [0.15, 0.2) is 36.4 Å². The van der Waals surface area contributed by atoms with E-state index in [-0.39, 0.29) is 11.3 Å². The Morgan fingerprint density at radius 1 is 1.11 bits per heavy atom. The van der Waals surface area contributed by atoms with Crippen molar-refractivity contribution >= 4 is 28.9 Å². The van der Waals surface area contributed by atoms with Crippen LogP contribution in [0.25, 0.3) is 0 Å². The lowest BCUT2D eigenvalue weighted by atomic mass is 10.1. The topological polar surface area (TPSA) is 102 Å². The van der Waals surface area contributed by atoms with Gasteiger partial charge in [0.2, 0.25) is 0 Å². The van der Waals surface area contributed by atoms with Gasteiger partial charge in [0.05, 0.1) is 10.5 Å². The van der Waals surface area contributed by atoms with E-state index in [9.17, 15) is 19.7 Å². The summed E-state index contributed by atoms with van der Waals surface area (Å²) in [5.41, 5.74) is 2.88. The molecule has 0 spiro atoms. The molecule has 0 saturated heterocycles. The minimum atomic E-state index is -0.807. The van der Waals surface area contributed by atoms with Crippen molar-refractivity contribution in [2.24, 2.45) is 0 Å². The van der Waals surface area contributed by atoms with Gasteiger partial charge in [0, 0.05) is 25.8 Å². The molecule has 0 bridgehead atoms. The summed E-state index contributed by atoms with van der Waals surface area (Å²) < 4.78 is 4.96. The molecular formula is C19H21N3O5. The number of hydrogen-bond acceptors (Lipinski definition) is 6. The van der Waals surface area contributed by atoms with Crippen LogP contribution in [0, 0.1) is 24.0 Å². The third-order valence-electron chi connectivity index (χ3n) is 4.01. The summed E-state index contributed by atoms with van der Waals surface area (Å²) in [4.78, 5) is 36.3. The Balaban J connectivity index is 2.02. The minimum Gasteiger partial charge on any atom is -0.452 e. The highest BCUT2D eigenvalue weighted by molar-refractivity contribution is 5.96. The summed E-state index contributed by atoms with van der Waals surface area (Å²) in [7, 11) is 3.33. The smallest absolute Gasteiger partial charge is 0.338 e. The molecule has 0 radical (unpaired) electrons. The molecule has 8 nitrogen and oxygen atoms in total. The predicted molar refractivity (Wildman–Crippen MR) is 102 cm³/mol. The molecule has 0 aliphatic carbocycles. The van der Waals surface area contributed by atoms with Crippen molar-refractivity contribution in [3.05, 3.63) is 63.2 Å². The van der Waals surface area contributed by atoms with Crippen LogP contribution in [0.3, 0.4) is 0 Å². The molecule has 0 unspecified atom stereocenters. The number of esters is 1. The third kappa shape index (κ3) is 5.04. The van der Waals surface area contributed by atoms with Crippen molar-refractivity contribution in [3.63, 3.8) is 0 Å². The monoisotopic (exact) mass is 371 g/mol. The van der Waals surface area contributed by atoms with Crippen LogP contribution in [0.5, 0.6) is 0 Å².